The van der Waals surface area contributed by atoms with Crippen LogP contribution in [0.3, 0.4) is 0 Å². The number of morpholine rings is 1. The zero-order valence-electron chi connectivity index (χ0n) is 23.0. The van der Waals surface area contributed by atoms with E-state index < -0.39 is 0 Å². The third-order valence-corrected chi connectivity index (χ3v) is 6.96. The molecular formula is C30H39FN4O3. The second-order valence-electron chi connectivity index (χ2n) is 11.4. The van der Waals surface area contributed by atoms with Gasteiger partial charge in [-0.15, -0.1) is 0 Å². The highest BCUT2D eigenvalue weighted by Crippen LogP contribution is 2.33. The fraction of sp³-hybridized carbons (Fsp3) is 0.500. The summed E-state index contributed by atoms with van der Waals surface area (Å²) < 4.78 is 19.0. The number of carbonyl (C=O) groups excluding carboxylic acids is 2. The molecule has 2 aromatic rings. The summed E-state index contributed by atoms with van der Waals surface area (Å²) >= 11 is 0. The SMILES string of the molecule is Cc1ccc(C2CC(c3ccc(F)cc3)=NN2C(=O)CN(CCN2CCOCC2)C(=O)CC(C)(C)C)cc1. The van der Waals surface area contributed by atoms with Crippen molar-refractivity contribution in [3.05, 3.63) is 71.0 Å². The average molecular weight is 523 g/mol. The van der Waals surface area contributed by atoms with Crippen molar-refractivity contribution in [3.63, 3.8) is 0 Å². The zero-order valence-corrected chi connectivity index (χ0v) is 23.0. The van der Waals surface area contributed by atoms with E-state index in [-0.39, 0.29) is 35.6 Å². The molecule has 2 aliphatic rings. The van der Waals surface area contributed by atoms with Crippen molar-refractivity contribution in [2.24, 2.45) is 10.5 Å². The van der Waals surface area contributed by atoms with Crippen LogP contribution in [-0.2, 0) is 14.3 Å². The van der Waals surface area contributed by atoms with Gasteiger partial charge < -0.3 is 9.64 Å². The van der Waals surface area contributed by atoms with E-state index in [1.165, 1.54) is 17.1 Å². The molecule has 1 unspecified atom stereocenters. The minimum Gasteiger partial charge on any atom is -0.379 e. The molecule has 2 amide bonds. The predicted octanol–water partition coefficient (Wildman–Crippen LogP) is 4.41. The molecule has 38 heavy (non-hydrogen) atoms. The molecule has 8 heteroatoms. The van der Waals surface area contributed by atoms with E-state index in [0.717, 1.165) is 35.5 Å². The van der Waals surface area contributed by atoms with Crippen LogP contribution < -0.4 is 0 Å². The molecule has 0 saturated carbocycles. The van der Waals surface area contributed by atoms with Gasteiger partial charge in [-0.2, -0.15) is 5.10 Å². The standard InChI is InChI=1S/C30H39FN4O3/c1-22-5-7-24(8-6-22)27-19-26(23-9-11-25(31)12-10-23)32-35(27)29(37)21-34(28(36)20-30(2,3)4)14-13-33-15-17-38-18-16-33/h5-12,27H,13-21H2,1-4H3. The molecule has 0 radical (unpaired) electrons. The molecule has 2 heterocycles. The highest BCUT2D eigenvalue weighted by Gasteiger charge is 2.35. The Morgan fingerprint density at radius 1 is 1.05 bits per heavy atom. The number of nitrogens with zero attached hydrogens (tertiary/aromatic N) is 4. The largest absolute Gasteiger partial charge is 0.379 e. The second-order valence-corrected chi connectivity index (χ2v) is 11.4. The van der Waals surface area contributed by atoms with Crippen LogP contribution in [0.1, 0.15) is 56.3 Å². The maximum absolute atomic E-state index is 13.8. The van der Waals surface area contributed by atoms with E-state index in [2.05, 4.69) is 4.90 Å². The Morgan fingerprint density at radius 3 is 2.34 bits per heavy atom. The second kappa shape index (κ2) is 12.2. The molecule has 7 nitrogen and oxygen atoms in total. The van der Waals surface area contributed by atoms with Crippen LogP contribution in [0.4, 0.5) is 4.39 Å². The number of aryl methyl sites for hydroxylation is 1. The van der Waals surface area contributed by atoms with Crippen LogP contribution in [-0.4, -0.2) is 78.3 Å². The monoisotopic (exact) mass is 522 g/mol. The van der Waals surface area contributed by atoms with Crippen molar-refractivity contribution >= 4 is 17.5 Å². The highest BCUT2D eigenvalue weighted by molar-refractivity contribution is 6.03. The van der Waals surface area contributed by atoms with E-state index in [0.29, 0.717) is 39.1 Å². The van der Waals surface area contributed by atoms with E-state index in [1.807, 2.05) is 52.0 Å². The molecule has 204 valence electrons. The Labute approximate surface area is 225 Å². The van der Waals surface area contributed by atoms with E-state index in [9.17, 15) is 14.0 Å². The number of amides is 2. The van der Waals surface area contributed by atoms with Crippen LogP contribution in [0.25, 0.3) is 0 Å². The molecular weight excluding hydrogens is 483 g/mol. The van der Waals surface area contributed by atoms with Gasteiger partial charge in [-0.3, -0.25) is 14.5 Å². The van der Waals surface area contributed by atoms with E-state index in [4.69, 9.17) is 9.84 Å². The molecule has 2 aliphatic heterocycles. The van der Waals surface area contributed by atoms with Crippen molar-refractivity contribution in [1.82, 2.24) is 14.8 Å². The molecule has 4 rings (SSSR count). The Hall–Kier alpha value is -3.10. The van der Waals surface area contributed by atoms with Crippen molar-refractivity contribution in [2.75, 3.05) is 45.9 Å². The maximum Gasteiger partial charge on any atom is 0.262 e. The molecule has 2 aromatic carbocycles. The third kappa shape index (κ3) is 7.48. The van der Waals surface area contributed by atoms with Crippen LogP contribution in [0.5, 0.6) is 0 Å². The van der Waals surface area contributed by atoms with Gasteiger partial charge >= 0.3 is 0 Å². The van der Waals surface area contributed by atoms with Gasteiger partial charge in [0.25, 0.3) is 5.91 Å². The van der Waals surface area contributed by atoms with Gasteiger partial charge in [0.1, 0.15) is 12.4 Å². The number of halogens is 1. The first-order chi connectivity index (χ1) is 18.1. The first kappa shape index (κ1) is 27.9. The summed E-state index contributed by atoms with van der Waals surface area (Å²) in [6.07, 6.45) is 0.874. The lowest BCUT2D eigenvalue weighted by molar-refractivity contribution is -0.142. The minimum absolute atomic E-state index is 0.0343. The fourth-order valence-corrected chi connectivity index (χ4v) is 4.79. The third-order valence-electron chi connectivity index (χ3n) is 6.96. The van der Waals surface area contributed by atoms with Gasteiger partial charge in [-0.25, -0.2) is 9.40 Å². The van der Waals surface area contributed by atoms with Crippen LogP contribution in [0.2, 0.25) is 0 Å². The summed E-state index contributed by atoms with van der Waals surface area (Å²) in [4.78, 5) is 31.1. The van der Waals surface area contributed by atoms with Gasteiger partial charge in [-0.05, 0) is 35.6 Å². The number of hydrogen-bond acceptors (Lipinski definition) is 5. The van der Waals surface area contributed by atoms with Gasteiger partial charge in [0.15, 0.2) is 0 Å². The fourth-order valence-electron chi connectivity index (χ4n) is 4.79. The van der Waals surface area contributed by atoms with Crippen molar-refractivity contribution in [2.45, 2.75) is 46.6 Å². The normalized spacial score (nSPS) is 18.4. The summed E-state index contributed by atoms with van der Waals surface area (Å²) in [5.74, 6) is -0.575. The predicted molar refractivity (Wildman–Crippen MR) is 146 cm³/mol. The Bertz CT molecular complexity index is 1140. The number of ether oxygens (including phenoxy) is 1. The summed E-state index contributed by atoms with van der Waals surface area (Å²) in [7, 11) is 0. The maximum atomic E-state index is 13.8. The average Bonchev–Trinajstić information content (AvgIpc) is 3.32. The van der Waals surface area contributed by atoms with Crippen LogP contribution in [0.15, 0.2) is 53.6 Å². The number of rotatable bonds is 8. The van der Waals surface area contributed by atoms with Gasteiger partial charge in [0, 0.05) is 39.0 Å². The summed E-state index contributed by atoms with van der Waals surface area (Å²) in [5, 5.41) is 6.24. The van der Waals surface area contributed by atoms with Gasteiger partial charge in [-0.1, -0.05) is 62.7 Å². The molecule has 0 bridgehead atoms. The smallest absolute Gasteiger partial charge is 0.262 e. The van der Waals surface area contributed by atoms with E-state index in [1.54, 1.807) is 17.0 Å². The van der Waals surface area contributed by atoms with Crippen molar-refractivity contribution < 1.29 is 18.7 Å². The molecule has 0 aliphatic carbocycles. The molecule has 1 fully saturated rings. The first-order valence-electron chi connectivity index (χ1n) is 13.4. The van der Waals surface area contributed by atoms with Gasteiger partial charge in [0.2, 0.25) is 5.91 Å². The minimum atomic E-state index is -0.316. The van der Waals surface area contributed by atoms with E-state index >= 15 is 0 Å². The van der Waals surface area contributed by atoms with Crippen molar-refractivity contribution in [1.29, 1.82) is 0 Å². The molecule has 1 saturated heterocycles. The summed E-state index contributed by atoms with van der Waals surface area (Å²) in [6.45, 7) is 12.2. The summed E-state index contributed by atoms with van der Waals surface area (Å²) in [5.41, 5.74) is 3.43. The topological polar surface area (TPSA) is 65.5 Å². The lowest BCUT2D eigenvalue weighted by atomic mass is 9.91. The zero-order chi connectivity index (χ0) is 27.3. The van der Waals surface area contributed by atoms with Crippen LogP contribution in [0, 0.1) is 18.2 Å². The van der Waals surface area contributed by atoms with Crippen LogP contribution >= 0.6 is 0 Å². The quantitative estimate of drug-likeness (QED) is 0.515. The van der Waals surface area contributed by atoms with Crippen molar-refractivity contribution in [3.8, 4) is 0 Å². The highest BCUT2D eigenvalue weighted by atomic mass is 19.1. The van der Waals surface area contributed by atoms with Gasteiger partial charge in [0.05, 0.1) is 25.0 Å². The first-order valence-corrected chi connectivity index (χ1v) is 13.4. The number of hydrazone groups is 1. The molecule has 0 N–H and O–H groups in total. The lowest BCUT2D eigenvalue weighted by Gasteiger charge is -2.32. The number of hydrogen-bond donors (Lipinski definition) is 0. The summed E-state index contributed by atoms with van der Waals surface area (Å²) in [6, 6.07) is 14.0. The number of carbonyl (C=O) groups is 2. The Kier molecular flexibility index (Phi) is 8.95. The molecule has 0 spiro atoms. The molecule has 0 aromatic heterocycles. The Balaban J connectivity index is 1.56. The Morgan fingerprint density at radius 2 is 1.71 bits per heavy atom. The molecule has 1 atom stereocenters. The number of benzene rings is 2. The lowest BCUT2D eigenvalue weighted by Crippen LogP contribution is -2.47.